The molecule has 1 unspecified atom stereocenters. The van der Waals surface area contributed by atoms with Gasteiger partial charge in [-0.25, -0.2) is 4.98 Å². The molecule has 96 valence electrons. The zero-order valence-corrected chi connectivity index (χ0v) is 10.3. The van der Waals surface area contributed by atoms with Crippen LogP contribution in [0.2, 0.25) is 0 Å². The minimum absolute atomic E-state index is 0.0625. The minimum Gasteiger partial charge on any atom is -0.480 e. The molecule has 7 heteroatoms. The van der Waals surface area contributed by atoms with Crippen LogP contribution in [0.5, 0.6) is 0 Å². The number of rotatable bonds is 6. The Kier molecular flexibility index (Phi) is 4.92. The second-order valence-electron chi connectivity index (χ2n) is 3.84. The van der Waals surface area contributed by atoms with Crippen LogP contribution in [0, 0.1) is 5.92 Å². The highest BCUT2D eigenvalue weighted by Crippen LogP contribution is 2.25. The zero-order valence-electron chi connectivity index (χ0n) is 9.51. The number of halogens is 2. The third kappa shape index (κ3) is 3.69. The molecule has 0 fully saturated rings. The number of carboxylic acid groups (broad SMARTS) is 1. The van der Waals surface area contributed by atoms with Crippen LogP contribution < -0.4 is 0 Å². The molecule has 0 aliphatic rings. The summed E-state index contributed by atoms with van der Waals surface area (Å²) in [6.07, 6.45) is 2.47. The first-order chi connectivity index (χ1) is 7.93. The molecular formula is C10H14F2N2O2S. The number of carboxylic acids is 1. The lowest BCUT2D eigenvalue weighted by atomic mass is 10.1. The first-order valence-electron chi connectivity index (χ1n) is 5.07. The van der Waals surface area contributed by atoms with E-state index in [9.17, 15) is 13.6 Å². The molecule has 1 atom stereocenters. The fourth-order valence-corrected chi connectivity index (χ4v) is 2.43. The summed E-state index contributed by atoms with van der Waals surface area (Å²) in [5.41, 5.74) is 0. The Labute approximate surface area is 102 Å². The number of carbonyl (C=O) groups is 1. The molecule has 0 saturated heterocycles. The maximum Gasteiger partial charge on any atom is 0.319 e. The molecule has 0 aliphatic heterocycles. The van der Waals surface area contributed by atoms with Gasteiger partial charge in [0.15, 0.2) is 0 Å². The number of hydrogen-bond donors (Lipinski definition) is 1. The van der Waals surface area contributed by atoms with Crippen molar-refractivity contribution >= 4 is 17.7 Å². The van der Waals surface area contributed by atoms with E-state index in [1.54, 1.807) is 13.8 Å². The summed E-state index contributed by atoms with van der Waals surface area (Å²) in [5.74, 6) is -0.642. The summed E-state index contributed by atoms with van der Waals surface area (Å²) < 4.78 is 25.7. The van der Waals surface area contributed by atoms with Crippen LogP contribution >= 0.6 is 11.8 Å². The Morgan fingerprint density at radius 3 is 2.71 bits per heavy atom. The lowest BCUT2D eigenvalue weighted by Gasteiger charge is -2.15. The average molecular weight is 264 g/mol. The number of thioether (sulfide) groups is 1. The molecular weight excluding hydrogens is 250 g/mol. The van der Waals surface area contributed by atoms with E-state index >= 15 is 0 Å². The van der Waals surface area contributed by atoms with Crippen molar-refractivity contribution in [3.05, 3.63) is 18.2 Å². The highest BCUT2D eigenvalue weighted by atomic mass is 32.2. The van der Waals surface area contributed by atoms with E-state index < -0.39 is 17.8 Å². The number of nitrogens with zero attached hydrogens (tertiary/aromatic N) is 2. The molecule has 1 aromatic rings. The van der Waals surface area contributed by atoms with E-state index in [0.29, 0.717) is 0 Å². The van der Waals surface area contributed by atoms with Crippen molar-refractivity contribution < 1.29 is 18.7 Å². The molecule has 1 N–H and O–H groups in total. The van der Waals surface area contributed by atoms with Gasteiger partial charge in [0, 0.05) is 12.4 Å². The lowest BCUT2D eigenvalue weighted by molar-refractivity contribution is -0.137. The first kappa shape index (κ1) is 14.0. The molecule has 0 aliphatic carbocycles. The summed E-state index contributed by atoms with van der Waals surface area (Å²) in [5, 5.41) is 8.34. The van der Waals surface area contributed by atoms with Gasteiger partial charge in [0.2, 0.25) is 0 Å². The maximum absolute atomic E-state index is 12.5. The van der Waals surface area contributed by atoms with Crippen LogP contribution in [-0.2, 0) is 10.5 Å². The topological polar surface area (TPSA) is 55.1 Å². The lowest BCUT2D eigenvalue weighted by Crippen LogP contribution is -2.23. The quantitative estimate of drug-likeness (QED) is 0.858. The third-order valence-electron chi connectivity index (χ3n) is 2.20. The normalized spacial score (nSPS) is 13.3. The van der Waals surface area contributed by atoms with Gasteiger partial charge in [0.25, 0.3) is 0 Å². The van der Waals surface area contributed by atoms with E-state index in [1.807, 2.05) is 0 Å². The van der Waals surface area contributed by atoms with Gasteiger partial charge >= 0.3 is 12.5 Å². The summed E-state index contributed by atoms with van der Waals surface area (Å²) in [6, 6.07) is 0. The second kappa shape index (κ2) is 6.00. The highest BCUT2D eigenvalue weighted by Gasteiger charge is 2.23. The zero-order chi connectivity index (χ0) is 13.0. The Morgan fingerprint density at radius 1 is 1.59 bits per heavy atom. The highest BCUT2D eigenvalue weighted by molar-refractivity contribution is 7.99. The smallest absolute Gasteiger partial charge is 0.319 e. The SMILES string of the molecule is CC(C)C(SCc1nccn1C(F)F)C(=O)O. The van der Waals surface area contributed by atoms with Crippen molar-refractivity contribution in [3.8, 4) is 0 Å². The predicted molar refractivity (Wildman–Crippen MR) is 61.0 cm³/mol. The number of hydrogen-bond acceptors (Lipinski definition) is 3. The van der Waals surface area contributed by atoms with Crippen LogP contribution in [-0.4, -0.2) is 25.9 Å². The number of imidazole rings is 1. The number of alkyl halides is 2. The molecule has 1 aromatic heterocycles. The largest absolute Gasteiger partial charge is 0.480 e. The van der Waals surface area contributed by atoms with E-state index in [4.69, 9.17) is 5.11 Å². The van der Waals surface area contributed by atoms with Crippen molar-refractivity contribution in [2.45, 2.75) is 31.4 Å². The summed E-state index contributed by atoms with van der Waals surface area (Å²) in [7, 11) is 0. The molecule has 1 heterocycles. The van der Waals surface area contributed by atoms with Crippen LogP contribution in [0.25, 0.3) is 0 Å². The molecule has 0 spiro atoms. The van der Waals surface area contributed by atoms with Gasteiger partial charge in [0.05, 0.1) is 5.75 Å². The molecule has 0 amide bonds. The van der Waals surface area contributed by atoms with Crippen molar-refractivity contribution in [3.63, 3.8) is 0 Å². The first-order valence-corrected chi connectivity index (χ1v) is 6.12. The van der Waals surface area contributed by atoms with E-state index in [-0.39, 0.29) is 17.5 Å². The molecule has 0 aromatic carbocycles. The molecule has 0 bridgehead atoms. The van der Waals surface area contributed by atoms with Crippen molar-refractivity contribution in [2.24, 2.45) is 5.92 Å². The minimum atomic E-state index is -2.64. The monoisotopic (exact) mass is 264 g/mol. The van der Waals surface area contributed by atoms with Gasteiger partial charge in [-0.3, -0.25) is 9.36 Å². The standard InChI is InChI=1S/C10H14F2N2O2S/c1-6(2)8(9(15)16)17-5-7-13-3-4-14(7)10(11)12/h3-4,6,8,10H,5H2,1-2H3,(H,15,16). The van der Waals surface area contributed by atoms with Gasteiger partial charge in [-0.15, -0.1) is 11.8 Å². The van der Waals surface area contributed by atoms with Crippen LogP contribution in [0.15, 0.2) is 12.4 Å². The van der Waals surface area contributed by atoms with E-state index in [1.165, 1.54) is 12.4 Å². The van der Waals surface area contributed by atoms with Gasteiger partial charge < -0.3 is 5.11 Å². The second-order valence-corrected chi connectivity index (χ2v) is 4.97. The fraction of sp³-hybridized carbons (Fsp3) is 0.600. The van der Waals surface area contributed by atoms with Crippen molar-refractivity contribution in [1.29, 1.82) is 0 Å². The molecule has 4 nitrogen and oxygen atoms in total. The molecule has 17 heavy (non-hydrogen) atoms. The number of aromatic nitrogens is 2. The van der Waals surface area contributed by atoms with Crippen molar-refractivity contribution in [1.82, 2.24) is 9.55 Å². The molecule has 0 saturated carbocycles. The van der Waals surface area contributed by atoms with Gasteiger partial charge in [0.1, 0.15) is 11.1 Å². The molecule has 1 rings (SSSR count). The van der Waals surface area contributed by atoms with Crippen LogP contribution in [0.3, 0.4) is 0 Å². The fourth-order valence-electron chi connectivity index (χ4n) is 1.35. The van der Waals surface area contributed by atoms with E-state index in [0.717, 1.165) is 16.3 Å². The molecule has 0 radical (unpaired) electrons. The van der Waals surface area contributed by atoms with Crippen LogP contribution in [0.4, 0.5) is 8.78 Å². The Balaban J connectivity index is 2.66. The summed E-state index contributed by atoms with van der Waals surface area (Å²) >= 11 is 1.11. The van der Waals surface area contributed by atoms with Gasteiger partial charge in [-0.05, 0) is 5.92 Å². The Morgan fingerprint density at radius 2 is 2.24 bits per heavy atom. The van der Waals surface area contributed by atoms with E-state index in [2.05, 4.69) is 4.98 Å². The van der Waals surface area contributed by atoms with Gasteiger partial charge in [-0.2, -0.15) is 8.78 Å². The summed E-state index contributed by atoms with van der Waals surface area (Å²) in [4.78, 5) is 14.7. The number of aliphatic carboxylic acids is 1. The average Bonchev–Trinajstić information content (AvgIpc) is 2.64. The maximum atomic E-state index is 12.5. The third-order valence-corrected chi connectivity index (χ3v) is 3.73. The van der Waals surface area contributed by atoms with Crippen molar-refractivity contribution in [2.75, 3.05) is 0 Å². The van der Waals surface area contributed by atoms with Crippen LogP contribution in [0.1, 0.15) is 26.2 Å². The van der Waals surface area contributed by atoms with Gasteiger partial charge in [-0.1, -0.05) is 13.8 Å². The summed E-state index contributed by atoms with van der Waals surface area (Å²) in [6.45, 7) is 0.923. The predicted octanol–water partition coefficient (Wildman–Crippen LogP) is 2.62. The Bertz CT molecular complexity index is 382. The Hall–Kier alpha value is -1.11.